The fourth-order valence-corrected chi connectivity index (χ4v) is 10.4. The molecule has 16 aromatic rings. The second kappa shape index (κ2) is 15.1. The topological polar surface area (TPSA) is 82.2 Å². The Morgan fingerprint density at radius 1 is 0.370 bits per heavy atom. The van der Waals surface area contributed by atoms with Crippen LogP contribution in [0.15, 0.2) is 218 Å². The van der Waals surface area contributed by atoms with Gasteiger partial charge in [0.25, 0.3) is 0 Å². The van der Waals surface area contributed by atoms with Gasteiger partial charge in [0.15, 0.2) is 5.82 Å². The maximum atomic E-state index is 10.6. The summed E-state index contributed by atoms with van der Waals surface area (Å²) in [5, 5.41) is 4.20. The van der Waals surface area contributed by atoms with Gasteiger partial charge in [-0.25, -0.2) is 0 Å². The summed E-state index contributed by atoms with van der Waals surface area (Å²) < 4.78 is 342. The Balaban J connectivity index is 1.30. The van der Waals surface area contributed by atoms with E-state index in [0.29, 0.717) is 25.0 Å². The van der Waals surface area contributed by atoms with Gasteiger partial charge in [0.2, 0.25) is 11.9 Å². The van der Waals surface area contributed by atoms with E-state index in [2.05, 4.69) is 0 Å². The fourth-order valence-electron chi connectivity index (χ4n) is 9.47. The van der Waals surface area contributed by atoms with Gasteiger partial charge in [0, 0.05) is 63.3 Å². The van der Waals surface area contributed by atoms with E-state index in [-0.39, 0.29) is 9.40 Å². The number of aromatic nitrogens is 7. The van der Waals surface area contributed by atoms with Crippen LogP contribution in [-0.2, 0) is 0 Å². The fraction of sp³-hybridized carbons (Fsp3) is 0. The molecule has 73 heavy (non-hydrogen) atoms. The van der Waals surface area contributed by atoms with E-state index in [9.17, 15) is 38.2 Å². The second-order valence-electron chi connectivity index (χ2n) is 16.0. The summed E-state index contributed by atoms with van der Waals surface area (Å²) in [5.41, 5.74) is -10.8. The summed E-state index contributed by atoms with van der Waals surface area (Å²) in [6.45, 7) is 0. The van der Waals surface area contributed by atoms with Crippen LogP contribution < -0.4 is 0 Å². The van der Waals surface area contributed by atoms with Crippen molar-refractivity contribution in [3.05, 3.63) is 223 Å². The molecule has 0 aliphatic rings. The molecule has 0 aliphatic heterocycles. The summed E-state index contributed by atoms with van der Waals surface area (Å²) >= 11 is 0.535. The summed E-state index contributed by atoms with van der Waals surface area (Å²) in [6.07, 6.45) is 0. The van der Waals surface area contributed by atoms with Crippen LogP contribution in [0.25, 0.3) is 142 Å². The first-order valence-corrected chi connectivity index (χ1v) is 22.2. The van der Waals surface area contributed by atoms with Crippen LogP contribution in [0.2, 0.25) is 0 Å². The van der Waals surface area contributed by atoms with Gasteiger partial charge in [-0.15, -0.1) is 11.3 Å². The van der Waals surface area contributed by atoms with Gasteiger partial charge in [-0.1, -0.05) is 139 Å². The molecule has 6 aromatic heterocycles. The molecule has 8 nitrogen and oxygen atoms in total. The molecule has 10 aromatic carbocycles. The van der Waals surface area contributed by atoms with Gasteiger partial charge in [-0.2, -0.15) is 20.2 Å². The number of rotatable bonds is 5. The highest BCUT2D eigenvalue weighted by Crippen LogP contribution is 2.46. The maximum Gasteiger partial charge on any atom is 0.240 e. The molecule has 6 heterocycles. The Morgan fingerprint density at radius 2 is 0.808 bits per heavy atom. The summed E-state index contributed by atoms with van der Waals surface area (Å²) in [5.74, 6) is -3.59. The average molecular weight is 985 g/mol. The quantitative estimate of drug-likeness (QED) is 0.172. The van der Waals surface area contributed by atoms with Gasteiger partial charge in [-0.05, 0) is 78.6 Å². The summed E-state index contributed by atoms with van der Waals surface area (Å²) in [6, 6.07) is -34.9. The lowest BCUT2D eigenvalue weighted by atomic mass is 10.1. The van der Waals surface area contributed by atoms with Crippen molar-refractivity contribution in [2.45, 2.75) is 0 Å². The third-order valence-corrected chi connectivity index (χ3v) is 13.3. The maximum absolute atomic E-state index is 10.6. The first kappa shape index (κ1) is 18.7. The van der Waals surface area contributed by atoms with Crippen LogP contribution >= 0.6 is 11.3 Å². The Hall–Kier alpha value is -9.88. The van der Waals surface area contributed by atoms with Crippen molar-refractivity contribution in [2.24, 2.45) is 0 Å². The number of thiophene rings is 1. The molecule has 9 heteroatoms. The number of fused-ring (bicyclic) bond motifs is 16. The van der Waals surface area contributed by atoms with E-state index in [1.807, 2.05) is 0 Å². The SMILES string of the molecule is [2H]c1c([2H])c(-n2c3c([2H])c([2H])c([2H])c([2H])c3c3c([2H])c(C#N)c([2H])c([2H])c32)c(-c2nc(-n3c4c([2H])c([2H])c([2H])c([2H])c4c4c([2H])c([2H])c([2H])c([2H])c43)nc(-n3c4c([2H])c([2H])c([2H])c([2H])c4c4c([2H])c([2H])c([2H])c([2H])c43)n2)c(-n2c3c([2H])c([2H])c([2H])c([2H])c3c3c([2H])c([2H])c4sc5c([2H])c([2H])c([2H])c([2H])c5c4c32)c1[2H]. The van der Waals surface area contributed by atoms with Crippen LogP contribution in [0.1, 0.15) is 54.9 Å². The Labute approximate surface area is 470 Å². The average Bonchev–Trinajstić information content (AvgIpc) is 1.53. The Kier molecular flexibility index (Phi) is 3.86. The third kappa shape index (κ3) is 5.55. The molecule has 0 unspecified atom stereocenters. The molecule has 0 N–H and O–H groups in total. The van der Waals surface area contributed by atoms with E-state index in [1.54, 1.807) is 6.07 Å². The molecule has 0 saturated heterocycles. The van der Waals surface area contributed by atoms with Crippen LogP contribution in [0.3, 0.4) is 0 Å². The molecule has 0 fully saturated rings. The van der Waals surface area contributed by atoms with Crippen LogP contribution in [0.4, 0.5) is 0 Å². The Bertz CT molecular complexity index is 6930. The van der Waals surface area contributed by atoms with E-state index in [1.165, 1.54) is 0 Å². The van der Waals surface area contributed by atoms with Crippen LogP contribution in [0, 0.1) is 11.3 Å². The molecule has 0 amide bonds. The molecule has 0 spiro atoms. The summed E-state index contributed by atoms with van der Waals surface area (Å²) in [7, 11) is 0. The van der Waals surface area contributed by atoms with Crippen molar-refractivity contribution in [3.63, 3.8) is 0 Å². The van der Waals surface area contributed by atoms with Crippen molar-refractivity contribution in [2.75, 3.05) is 0 Å². The molecule has 338 valence electrons. The largest absolute Gasteiger partial charge is 0.308 e. The molecule has 16 rings (SSSR count). The first-order chi connectivity index (χ1) is 51.2. The minimum Gasteiger partial charge on any atom is -0.308 e. The lowest BCUT2D eigenvalue weighted by molar-refractivity contribution is 0.891. The number of benzene rings is 10. The van der Waals surface area contributed by atoms with Crippen molar-refractivity contribution in [1.82, 2.24) is 33.2 Å². The van der Waals surface area contributed by atoms with Crippen LogP contribution in [-0.4, -0.2) is 33.2 Å². The third-order valence-electron chi connectivity index (χ3n) is 12.3. The van der Waals surface area contributed by atoms with E-state index < -0.39 is 356 Å². The Morgan fingerprint density at radius 3 is 1.36 bits per heavy atom. The second-order valence-corrected chi connectivity index (χ2v) is 17.0. The van der Waals surface area contributed by atoms with Crippen molar-refractivity contribution < 1.29 is 49.3 Å². The highest BCUT2D eigenvalue weighted by atomic mass is 32.1. The van der Waals surface area contributed by atoms with E-state index in [4.69, 9.17) is 31.4 Å². The predicted octanol–water partition coefficient (Wildman–Crippen LogP) is 16.2. The van der Waals surface area contributed by atoms with Gasteiger partial charge in [-0.3, -0.25) is 9.13 Å². The van der Waals surface area contributed by atoms with Crippen molar-refractivity contribution in [3.8, 4) is 40.7 Å². The summed E-state index contributed by atoms with van der Waals surface area (Å²) in [4.78, 5) is 14.6. The van der Waals surface area contributed by atoms with Crippen molar-refractivity contribution in [1.29, 1.82) is 5.26 Å². The molecular weight excluding hydrogens is 913 g/mol. The molecule has 0 bridgehead atoms. The first-order valence-electron chi connectivity index (χ1n) is 39.4. The number of para-hydroxylation sites is 6. The normalized spacial score (nSPS) is 19.0. The number of hydrogen-bond acceptors (Lipinski definition) is 5. The standard InChI is InChI=1S/C64H36N8S/c65-37-38-32-34-54-47(36-38)44-21-6-8-23-48(44)69(54)55-29-15-30-56(70-49-24-9-5-20-43(49)45-33-35-58-59(61(45)70)46-22-7-14-31-57(46)73-58)60(55)62-66-63(71-50-25-10-1-16-39(50)40-17-2-11-26-51(40)71)68-64(67-62)72-52-27-12-3-18-41(52)42-19-4-13-28-53(42)72/h1-36H/i1D,2D,3D,4D,5D,6D,7D,8D,9D,10D,11D,12D,13D,14D,15D,16D,17D,18D,19D,20D,21D,22D,23D,24D,25D,26D,27D,28D,29D,30D,31D,32D,33D,34D,35D,36D. The smallest absolute Gasteiger partial charge is 0.240 e. The van der Waals surface area contributed by atoms with Crippen molar-refractivity contribution >= 4 is 119 Å². The molecular formula is C64H36N8S. The highest BCUT2D eigenvalue weighted by Gasteiger charge is 2.28. The number of nitrogens with zero attached hydrogens (tertiary/aromatic N) is 8. The molecule has 0 saturated carbocycles. The zero-order valence-corrected chi connectivity index (χ0v) is 36.8. The minimum absolute atomic E-state index is 0.306. The van der Waals surface area contributed by atoms with Gasteiger partial charge in [0.05, 0.1) is 122 Å². The lowest BCUT2D eigenvalue weighted by Crippen LogP contribution is -2.12. The van der Waals surface area contributed by atoms with Gasteiger partial charge >= 0.3 is 0 Å². The van der Waals surface area contributed by atoms with E-state index >= 15 is 0 Å². The monoisotopic (exact) mass is 985 g/mol. The number of hydrogen-bond donors (Lipinski definition) is 0. The number of nitriles is 1. The zero-order chi connectivity index (χ0) is 79.2. The van der Waals surface area contributed by atoms with E-state index in [0.717, 1.165) is 4.57 Å². The van der Waals surface area contributed by atoms with Gasteiger partial charge in [0.1, 0.15) is 0 Å². The molecule has 0 atom stereocenters. The lowest BCUT2D eigenvalue weighted by Gasteiger charge is -2.20. The highest BCUT2D eigenvalue weighted by molar-refractivity contribution is 7.26. The predicted molar refractivity (Wildman–Crippen MR) is 300 cm³/mol. The van der Waals surface area contributed by atoms with Gasteiger partial charge < -0.3 is 9.13 Å². The van der Waals surface area contributed by atoms with Crippen LogP contribution in [0.5, 0.6) is 0 Å². The zero-order valence-electron chi connectivity index (χ0n) is 72.0. The molecule has 0 aliphatic carbocycles. The minimum atomic E-state index is -1.32. The molecule has 0 radical (unpaired) electrons.